The van der Waals surface area contributed by atoms with E-state index in [4.69, 9.17) is 5.73 Å². The molecule has 0 saturated heterocycles. The number of nitro groups is 1. The molecule has 0 radical (unpaired) electrons. The molecule has 0 aliphatic heterocycles. The van der Waals surface area contributed by atoms with Gasteiger partial charge in [-0.2, -0.15) is 9.49 Å². The number of halogens is 2. The van der Waals surface area contributed by atoms with E-state index in [-0.39, 0.29) is 17.1 Å². The molecule has 0 spiro atoms. The summed E-state index contributed by atoms with van der Waals surface area (Å²) in [5.41, 5.74) is 4.38. The number of aromatic amines is 1. The van der Waals surface area contributed by atoms with Crippen molar-refractivity contribution in [2.24, 2.45) is 0 Å². The Hall–Kier alpha value is -2.51. The van der Waals surface area contributed by atoms with Gasteiger partial charge in [0.05, 0.1) is 16.7 Å². The van der Waals surface area contributed by atoms with Gasteiger partial charge in [-0.05, 0) is 6.07 Å². The van der Waals surface area contributed by atoms with E-state index in [1.807, 2.05) is 0 Å². The second-order valence-electron chi connectivity index (χ2n) is 3.25. The Morgan fingerprint density at radius 1 is 1.29 bits per heavy atom. The van der Waals surface area contributed by atoms with Gasteiger partial charge in [-0.1, -0.05) is 0 Å². The van der Waals surface area contributed by atoms with Crippen LogP contribution in [0.1, 0.15) is 0 Å². The Morgan fingerprint density at radius 2 is 2.00 bits per heavy atom. The number of nitrogens with one attached hydrogen (secondary N) is 1. The molecule has 0 fully saturated rings. The van der Waals surface area contributed by atoms with E-state index in [0.29, 0.717) is 6.07 Å². The van der Waals surface area contributed by atoms with Crippen molar-refractivity contribution < 1.29 is 13.7 Å². The number of nitro benzene ring substituents is 1. The first-order chi connectivity index (χ1) is 7.99. The van der Waals surface area contributed by atoms with E-state index in [9.17, 15) is 18.9 Å². The highest BCUT2D eigenvalue weighted by atomic mass is 19.1. The molecule has 0 unspecified atom stereocenters. The van der Waals surface area contributed by atoms with Crippen molar-refractivity contribution in [3.05, 3.63) is 39.9 Å². The van der Waals surface area contributed by atoms with E-state index in [2.05, 4.69) is 10.2 Å². The first-order valence-corrected chi connectivity index (χ1v) is 4.43. The molecular formula is C9H6F2N4O2. The van der Waals surface area contributed by atoms with Crippen molar-refractivity contribution in [1.29, 1.82) is 0 Å². The van der Waals surface area contributed by atoms with Crippen molar-refractivity contribution in [1.82, 2.24) is 10.2 Å². The topological polar surface area (TPSA) is 97.8 Å². The molecule has 1 aromatic heterocycles. The number of nitrogens with two attached hydrogens (primary N) is 1. The minimum atomic E-state index is -1.13. The lowest BCUT2D eigenvalue weighted by atomic mass is 10.1. The van der Waals surface area contributed by atoms with Crippen LogP contribution < -0.4 is 5.73 Å². The van der Waals surface area contributed by atoms with E-state index >= 15 is 0 Å². The van der Waals surface area contributed by atoms with Crippen LogP contribution in [0.4, 0.5) is 20.3 Å². The average molecular weight is 240 g/mol. The Kier molecular flexibility index (Phi) is 2.47. The van der Waals surface area contributed by atoms with Crippen molar-refractivity contribution in [2.75, 3.05) is 5.73 Å². The molecule has 0 bridgehead atoms. The van der Waals surface area contributed by atoms with Gasteiger partial charge >= 0.3 is 5.69 Å². The Bertz CT molecular complexity index is 597. The summed E-state index contributed by atoms with van der Waals surface area (Å²) in [6.45, 7) is 0. The number of nitrogen functional groups attached to an aromatic ring is 1. The number of hydrogen-bond donors (Lipinski definition) is 2. The van der Waals surface area contributed by atoms with E-state index in [0.717, 1.165) is 6.07 Å². The lowest BCUT2D eigenvalue weighted by Gasteiger charge is -2.01. The summed E-state index contributed by atoms with van der Waals surface area (Å²) in [4.78, 5) is 9.39. The summed E-state index contributed by atoms with van der Waals surface area (Å²) < 4.78 is 26.8. The van der Waals surface area contributed by atoms with E-state index in [1.165, 1.54) is 6.07 Å². The van der Waals surface area contributed by atoms with Crippen LogP contribution in [0.15, 0.2) is 18.2 Å². The zero-order valence-electron chi connectivity index (χ0n) is 8.28. The normalized spacial score (nSPS) is 10.5. The van der Waals surface area contributed by atoms with Gasteiger partial charge in [-0.3, -0.25) is 15.2 Å². The SMILES string of the molecule is Nc1cc(-c2cc(F)c([N+](=O)[O-])cc2F)[nH]n1. The van der Waals surface area contributed by atoms with Gasteiger partial charge in [-0.25, -0.2) is 4.39 Å². The third-order valence-electron chi connectivity index (χ3n) is 2.12. The molecule has 0 saturated carbocycles. The highest BCUT2D eigenvalue weighted by Crippen LogP contribution is 2.28. The molecule has 88 valence electrons. The number of nitrogens with zero attached hydrogens (tertiary/aromatic N) is 2. The predicted molar refractivity (Wildman–Crippen MR) is 55.0 cm³/mol. The van der Waals surface area contributed by atoms with Crippen LogP contribution in [0.5, 0.6) is 0 Å². The van der Waals surface area contributed by atoms with Crippen LogP contribution in [0.3, 0.4) is 0 Å². The maximum Gasteiger partial charge on any atom is 0.307 e. The summed E-state index contributed by atoms with van der Waals surface area (Å²) in [7, 11) is 0. The van der Waals surface area contributed by atoms with Gasteiger partial charge in [0.15, 0.2) is 0 Å². The molecule has 0 aliphatic carbocycles. The molecule has 2 aromatic rings. The number of rotatable bonds is 2. The molecule has 0 amide bonds. The lowest BCUT2D eigenvalue weighted by molar-refractivity contribution is -0.387. The number of aromatic nitrogens is 2. The van der Waals surface area contributed by atoms with Gasteiger partial charge in [-0.15, -0.1) is 0 Å². The summed E-state index contributed by atoms with van der Waals surface area (Å²) in [6, 6.07) is 2.53. The third kappa shape index (κ3) is 1.92. The fraction of sp³-hybridized carbons (Fsp3) is 0. The minimum absolute atomic E-state index is 0.109. The highest BCUT2D eigenvalue weighted by molar-refractivity contribution is 5.64. The second-order valence-corrected chi connectivity index (χ2v) is 3.25. The first-order valence-electron chi connectivity index (χ1n) is 4.43. The molecular weight excluding hydrogens is 234 g/mol. The summed E-state index contributed by atoms with van der Waals surface area (Å²) in [5, 5.41) is 16.3. The summed E-state index contributed by atoms with van der Waals surface area (Å²) in [5.74, 6) is -1.94. The first kappa shape index (κ1) is 11.0. The average Bonchev–Trinajstić information content (AvgIpc) is 2.67. The third-order valence-corrected chi connectivity index (χ3v) is 2.12. The van der Waals surface area contributed by atoms with Gasteiger partial charge in [0.2, 0.25) is 5.82 Å². The molecule has 0 atom stereocenters. The van der Waals surface area contributed by atoms with Crippen molar-refractivity contribution in [3.8, 4) is 11.3 Å². The Morgan fingerprint density at radius 3 is 2.53 bits per heavy atom. The molecule has 8 heteroatoms. The van der Waals surface area contributed by atoms with Gasteiger partial charge < -0.3 is 5.73 Å². The molecule has 1 heterocycles. The van der Waals surface area contributed by atoms with Crippen molar-refractivity contribution in [3.63, 3.8) is 0 Å². The van der Waals surface area contributed by atoms with Crippen LogP contribution >= 0.6 is 0 Å². The maximum atomic E-state index is 13.5. The highest BCUT2D eigenvalue weighted by Gasteiger charge is 2.19. The predicted octanol–water partition coefficient (Wildman–Crippen LogP) is 1.85. The molecule has 6 nitrogen and oxygen atoms in total. The van der Waals surface area contributed by atoms with Gasteiger partial charge in [0.25, 0.3) is 0 Å². The van der Waals surface area contributed by atoms with Crippen LogP contribution in [0.25, 0.3) is 11.3 Å². The van der Waals surface area contributed by atoms with Crippen LogP contribution in [0.2, 0.25) is 0 Å². The number of benzene rings is 1. The van der Waals surface area contributed by atoms with Crippen LogP contribution in [0, 0.1) is 21.7 Å². The zero-order chi connectivity index (χ0) is 12.6. The molecule has 1 aromatic carbocycles. The minimum Gasteiger partial charge on any atom is -0.382 e. The fourth-order valence-electron chi connectivity index (χ4n) is 1.36. The molecule has 0 aliphatic rings. The number of hydrogen-bond acceptors (Lipinski definition) is 4. The van der Waals surface area contributed by atoms with Gasteiger partial charge in [0.1, 0.15) is 11.6 Å². The lowest BCUT2D eigenvalue weighted by Crippen LogP contribution is -1.96. The standard InChI is InChI=1S/C9H6F2N4O2/c10-5-2-8(15(16)17)6(11)1-4(5)7-3-9(12)14-13-7/h1-3H,(H3,12,13,14). The second kappa shape index (κ2) is 3.81. The van der Waals surface area contributed by atoms with Crippen molar-refractivity contribution >= 4 is 11.5 Å². The smallest absolute Gasteiger partial charge is 0.307 e. The van der Waals surface area contributed by atoms with Crippen molar-refractivity contribution in [2.45, 2.75) is 0 Å². The Balaban J connectivity index is 2.57. The maximum absolute atomic E-state index is 13.5. The molecule has 2 rings (SSSR count). The van der Waals surface area contributed by atoms with E-state index in [1.54, 1.807) is 0 Å². The monoisotopic (exact) mass is 240 g/mol. The zero-order valence-corrected chi connectivity index (χ0v) is 8.28. The van der Waals surface area contributed by atoms with Gasteiger partial charge in [0, 0.05) is 11.6 Å². The molecule has 3 N–H and O–H groups in total. The largest absolute Gasteiger partial charge is 0.382 e. The van der Waals surface area contributed by atoms with Crippen LogP contribution in [-0.4, -0.2) is 15.1 Å². The fourth-order valence-corrected chi connectivity index (χ4v) is 1.36. The molecule has 17 heavy (non-hydrogen) atoms. The number of H-pyrrole nitrogens is 1. The quantitative estimate of drug-likeness (QED) is 0.618. The summed E-state index contributed by atoms with van der Waals surface area (Å²) in [6.07, 6.45) is 0. The van der Waals surface area contributed by atoms with E-state index < -0.39 is 22.2 Å². The Labute approximate surface area is 93.2 Å². The summed E-state index contributed by atoms with van der Waals surface area (Å²) >= 11 is 0. The number of anilines is 1. The van der Waals surface area contributed by atoms with Crippen LogP contribution in [-0.2, 0) is 0 Å².